The van der Waals surface area contributed by atoms with E-state index in [2.05, 4.69) is 20.5 Å². The molecular weight excluding hydrogens is 384 g/mol. The highest BCUT2D eigenvalue weighted by atomic mass is 35.5. The van der Waals surface area contributed by atoms with E-state index in [0.717, 1.165) is 17.5 Å². The van der Waals surface area contributed by atoms with Gasteiger partial charge in [0.25, 0.3) is 0 Å². The molecule has 0 aliphatic carbocycles. The molecular formula is C19H21ClN4O4. The Labute approximate surface area is 167 Å². The monoisotopic (exact) mass is 404 g/mol. The van der Waals surface area contributed by atoms with E-state index in [1.54, 1.807) is 28.9 Å². The van der Waals surface area contributed by atoms with Crippen molar-refractivity contribution >= 4 is 40.9 Å². The second-order valence-electron chi connectivity index (χ2n) is 6.66. The zero-order valence-electron chi connectivity index (χ0n) is 15.5. The largest absolute Gasteiger partial charge is 0.463 e. The maximum atomic E-state index is 12.8. The molecule has 1 aliphatic heterocycles. The second kappa shape index (κ2) is 8.04. The summed E-state index contributed by atoms with van der Waals surface area (Å²) >= 11 is 0. The summed E-state index contributed by atoms with van der Waals surface area (Å²) in [7, 11) is 3.17. The molecule has 1 aliphatic rings. The number of carbonyl (C=O) groups is 2. The van der Waals surface area contributed by atoms with Gasteiger partial charge in [0.2, 0.25) is 11.7 Å². The van der Waals surface area contributed by atoms with Gasteiger partial charge >= 0.3 is 5.97 Å². The van der Waals surface area contributed by atoms with E-state index < -0.39 is 5.97 Å². The number of carbonyl (C=O) groups excluding carboxylic acids is 2. The number of nitrogens with zero attached hydrogens (tertiary/aromatic N) is 2. The summed E-state index contributed by atoms with van der Waals surface area (Å²) in [4.78, 5) is 24.4. The van der Waals surface area contributed by atoms with Crippen LogP contribution in [0.15, 0.2) is 41.1 Å². The van der Waals surface area contributed by atoms with Crippen LogP contribution in [-0.2, 0) is 16.6 Å². The van der Waals surface area contributed by atoms with Crippen LogP contribution in [0.2, 0.25) is 0 Å². The van der Waals surface area contributed by atoms with Crippen LogP contribution in [0.5, 0.6) is 0 Å². The van der Waals surface area contributed by atoms with Gasteiger partial charge in [-0.05, 0) is 29.8 Å². The van der Waals surface area contributed by atoms with Crippen molar-refractivity contribution in [2.75, 3.05) is 25.5 Å². The Bertz CT molecular complexity index is 1010. The number of furan rings is 1. The fraction of sp³-hybridized carbons (Fsp3) is 0.316. The molecule has 2 N–H and O–H groups in total. The van der Waals surface area contributed by atoms with E-state index in [4.69, 9.17) is 4.42 Å². The van der Waals surface area contributed by atoms with Crippen LogP contribution < -0.4 is 10.6 Å². The quantitative estimate of drug-likeness (QED) is 0.647. The number of rotatable bonds is 4. The first-order valence-corrected chi connectivity index (χ1v) is 8.67. The molecule has 0 bridgehead atoms. The lowest BCUT2D eigenvalue weighted by atomic mass is 9.90. The molecule has 0 spiro atoms. The third kappa shape index (κ3) is 3.74. The molecule has 148 valence electrons. The first-order valence-electron chi connectivity index (χ1n) is 8.67. The zero-order valence-corrected chi connectivity index (χ0v) is 16.3. The molecule has 3 aromatic rings. The molecule has 1 fully saturated rings. The summed E-state index contributed by atoms with van der Waals surface area (Å²) in [5, 5.41) is 11.2. The van der Waals surface area contributed by atoms with Crippen molar-refractivity contribution in [2.24, 2.45) is 13.0 Å². The highest BCUT2D eigenvalue weighted by molar-refractivity contribution is 5.97. The standard InChI is InChI=1S/C19H20N4O4.ClH/c1-23-10-12(7-21-23)14-8-20-9-15(14)18(24)22-13-3-4-16-11(5-13)6-17(27-16)19(25)26-2;/h3-7,10,14-15,20H,8-9H2,1-2H3,(H,22,24);1H/t14-,15+;/m1./s1. The molecule has 2 atom stereocenters. The smallest absolute Gasteiger partial charge is 0.373 e. The average Bonchev–Trinajstić information content (AvgIpc) is 3.38. The fourth-order valence-electron chi connectivity index (χ4n) is 3.49. The van der Waals surface area contributed by atoms with Crippen molar-refractivity contribution in [1.29, 1.82) is 0 Å². The van der Waals surface area contributed by atoms with Gasteiger partial charge in [0.05, 0.1) is 19.2 Å². The SMILES string of the molecule is COC(=O)c1cc2cc(NC(=O)[C@H]3CNC[C@@H]3c3cnn(C)c3)ccc2o1.Cl. The molecule has 4 rings (SSSR count). The van der Waals surface area contributed by atoms with E-state index in [1.807, 2.05) is 19.4 Å². The summed E-state index contributed by atoms with van der Waals surface area (Å²) in [6.07, 6.45) is 3.76. The highest BCUT2D eigenvalue weighted by Gasteiger charge is 2.34. The number of hydrogen-bond donors (Lipinski definition) is 2. The van der Waals surface area contributed by atoms with Crippen LogP contribution >= 0.6 is 12.4 Å². The number of fused-ring (bicyclic) bond motifs is 1. The van der Waals surface area contributed by atoms with Gasteiger partial charge in [-0.1, -0.05) is 0 Å². The predicted octanol–water partition coefficient (Wildman–Crippen LogP) is 2.32. The van der Waals surface area contributed by atoms with E-state index in [-0.39, 0.29) is 35.9 Å². The Morgan fingerprint density at radius 3 is 2.86 bits per heavy atom. The van der Waals surface area contributed by atoms with Crippen molar-refractivity contribution in [3.63, 3.8) is 0 Å². The molecule has 0 unspecified atom stereocenters. The third-order valence-corrected chi connectivity index (χ3v) is 4.87. The minimum atomic E-state index is -0.534. The van der Waals surface area contributed by atoms with Gasteiger partial charge in [-0.25, -0.2) is 4.79 Å². The number of halogens is 1. The molecule has 3 heterocycles. The summed E-state index contributed by atoms with van der Waals surface area (Å²) in [5.41, 5.74) is 2.27. The Balaban J connectivity index is 0.00000225. The Morgan fingerprint density at radius 2 is 2.14 bits per heavy atom. The number of aryl methyl sites for hydroxylation is 1. The number of aromatic nitrogens is 2. The predicted molar refractivity (Wildman–Crippen MR) is 106 cm³/mol. The Kier molecular flexibility index (Phi) is 5.71. The molecule has 9 heteroatoms. The van der Waals surface area contributed by atoms with E-state index in [9.17, 15) is 9.59 Å². The van der Waals surface area contributed by atoms with Gasteiger partial charge in [-0.15, -0.1) is 12.4 Å². The summed E-state index contributed by atoms with van der Waals surface area (Å²) < 4.78 is 11.9. The van der Waals surface area contributed by atoms with Gasteiger partial charge in [0.15, 0.2) is 0 Å². The van der Waals surface area contributed by atoms with Crippen LogP contribution in [0.25, 0.3) is 11.0 Å². The number of esters is 1. The maximum absolute atomic E-state index is 12.8. The summed E-state index contributed by atoms with van der Waals surface area (Å²) in [5.74, 6) is -0.548. The third-order valence-electron chi connectivity index (χ3n) is 4.87. The van der Waals surface area contributed by atoms with Crippen molar-refractivity contribution in [1.82, 2.24) is 15.1 Å². The highest BCUT2D eigenvalue weighted by Crippen LogP contribution is 2.30. The molecule has 1 aromatic carbocycles. The molecule has 0 radical (unpaired) electrons. The lowest BCUT2D eigenvalue weighted by molar-refractivity contribution is -0.119. The van der Waals surface area contributed by atoms with Crippen LogP contribution in [-0.4, -0.2) is 41.9 Å². The second-order valence-corrected chi connectivity index (χ2v) is 6.66. The lowest BCUT2D eigenvalue weighted by Gasteiger charge is -2.17. The maximum Gasteiger partial charge on any atom is 0.373 e. The van der Waals surface area contributed by atoms with E-state index in [0.29, 0.717) is 17.8 Å². The Hall–Kier alpha value is -2.84. The number of ether oxygens (including phenoxy) is 1. The number of hydrogen-bond acceptors (Lipinski definition) is 6. The minimum Gasteiger partial charge on any atom is -0.463 e. The lowest BCUT2D eigenvalue weighted by Crippen LogP contribution is -2.28. The number of anilines is 1. The molecule has 1 amide bonds. The summed E-state index contributed by atoms with van der Waals surface area (Å²) in [6, 6.07) is 6.87. The van der Waals surface area contributed by atoms with E-state index in [1.165, 1.54) is 7.11 Å². The van der Waals surface area contributed by atoms with Crippen molar-refractivity contribution < 1.29 is 18.7 Å². The first kappa shape index (κ1) is 19.9. The van der Waals surface area contributed by atoms with Gasteiger partial charge in [0, 0.05) is 43.3 Å². The normalized spacial score (nSPS) is 18.6. The number of amides is 1. The van der Waals surface area contributed by atoms with Gasteiger partial charge in [-0.2, -0.15) is 5.10 Å². The molecule has 0 saturated carbocycles. The van der Waals surface area contributed by atoms with Crippen molar-refractivity contribution in [3.05, 3.63) is 48.0 Å². The van der Waals surface area contributed by atoms with Crippen LogP contribution in [0, 0.1) is 5.92 Å². The van der Waals surface area contributed by atoms with Crippen LogP contribution in [0.3, 0.4) is 0 Å². The molecule has 28 heavy (non-hydrogen) atoms. The number of methoxy groups -OCH3 is 1. The average molecular weight is 405 g/mol. The molecule has 2 aromatic heterocycles. The minimum absolute atomic E-state index is 0. The first-order chi connectivity index (χ1) is 13.0. The van der Waals surface area contributed by atoms with Crippen LogP contribution in [0.4, 0.5) is 5.69 Å². The Morgan fingerprint density at radius 1 is 1.32 bits per heavy atom. The zero-order chi connectivity index (χ0) is 19.0. The summed E-state index contributed by atoms with van der Waals surface area (Å²) in [6.45, 7) is 1.36. The van der Waals surface area contributed by atoms with Crippen molar-refractivity contribution in [2.45, 2.75) is 5.92 Å². The molecule has 1 saturated heterocycles. The van der Waals surface area contributed by atoms with Crippen LogP contribution in [0.1, 0.15) is 22.0 Å². The van der Waals surface area contributed by atoms with Gasteiger partial charge in [0.1, 0.15) is 5.58 Å². The van der Waals surface area contributed by atoms with E-state index >= 15 is 0 Å². The fourth-order valence-corrected chi connectivity index (χ4v) is 3.49. The number of benzene rings is 1. The van der Waals surface area contributed by atoms with Gasteiger partial charge in [-0.3, -0.25) is 9.48 Å². The topological polar surface area (TPSA) is 98.4 Å². The van der Waals surface area contributed by atoms with Crippen molar-refractivity contribution in [3.8, 4) is 0 Å². The number of nitrogens with one attached hydrogen (secondary N) is 2. The molecule has 8 nitrogen and oxygen atoms in total. The van der Waals surface area contributed by atoms with Gasteiger partial charge < -0.3 is 19.8 Å².